The quantitative estimate of drug-likeness (QED) is 0.503. The standard InChI is InChI=1S/C16H24N2O3/c1-2-21-16(20)10-12-17-13-15(19)18-11-6-9-14-7-4-3-5-8-14/h3-5,7-8,17H,2,6,9-13H2,1H3,(H,18,19). The molecule has 1 rings (SSSR count). The number of rotatable bonds is 10. The molecule has 0 aromatic heterocycles. The Morgan fingerprint density at radius 1 is 1.14 bits per heavy atom. The van der Waals surface area contributed by atoms with Crippen LogP contribution in [0.25, 0.3) is 0 Å². The zero-order valence-corrected chi connectivity index (χ0v) is 12.6. The highest BCUT2D eigenvalue weighted by Gasteiger charge is 2.03. The van der Waals surface area contributed by atoms with Crippen LogP contribution in [-0.4, -0.2) is 38.1 Å². The summed E-state index contributed by atoms with van der Waals surface area (Å²) in [7, 11) is 0. The fourth-order valence-electron chi connectivity index (χ4n) is 1.85. The summed E-state index contributed by atoms with van der Waals surface area (Å²) < 4.78 is 4.79. The summed E-state index contributed by atoms with van der Waals surface area (Å²) in [6.07, 6.45) is 2.16. The third kappa shape index (κ3) is 8.81. The Hall–Kier alpha value is -1.88. The van der Waals surface area contributed by atoms with Crippen molar-refractivity contribution in [1.29, 1.82) is 0 Å². The third-order valence-electron chi connectivity index (χ3n) is 2.90. The highest BCUT2D eigenvalue weighted by atomic mass is 16.5. The molecule has 116 valence electrons. The molecule has 0 spiro atoms. The minimum Gasteiger partial charge on any atom is -0.466 e. The van der Waals surface area contributed by atoms with Crippen molar-refractivity contribution in [1.82, 2.24) is 10.6 Å². The van der Waals surface area contributed by atoms with Crippen LogP contribution in [0.5, 0.6) is 0 Å². The Bertz CT molecular complexity index is 421. The second kappa shape index (κ2) is 10.9. The molecule has 0 aliphatic rings. The van der Waals surface area contributed by atoms with Gasteiger partial charge in [-0.2, -0.15) is 0 Å². The largest absolute Gasteiger partial charge is 0.466 e. The lowest BCUT2D eigenvalue weighted by Gasteiger charge is -2.07. The number of amides is 1. The van der Waals surface area contributed by atoms with E-state index in [1.54, 1.807) is 6.92 Å². The highest BCUT2D eigenvalue weighted by Crippen LogP contribution is 2.01. The molecule has 0 saturated heterocycles. The first-order valence-electron chi connectivity index (χ1n) is 7.39. The van der Waals surface area contributed by atoms with Crippen molar-refractivity contribution in [3.8, 4) is 0 Å². The van der Waals surface area contributed by atoms with Gasteiger partial charge in [-0.25, -0.2) is 0 Å². The summed E-state index contributed by atoms with van der Waals surface area (Å²) in [6.45, 7) is 3.50. The fraction of sp³-hybridized carbons (Fsp3) is 0.500. The van der Waals surface area contributed by atoms with Crippen molar-refractivity contribution >= 4 is 11.9 Å². The molecule has 5 heteroatoms. The van der Waals surface area contributed by atoms with Gasteiger partial charge in [0.25, 0.3) is 0 Å². The van der Waals surface area contributed by atoms with Gasteiger partial charge < -0.3 is 15.4 Å². The van der Waals surface area contributed by atoms with Crippen molar-refractivity contribution in [3.05, 3.63) is 35.9 Å². The number of hydrogen-bond acceptors (Lipinski definition) is 4. The van der Waals surface area contributed by atoms with Crippen LogP contribution in [-0.2, 0) is 20.7 Å². The molecular weight excluding hydrogens is 268 g/mol. The minimum atomic E-state index is -0.242. The second-order valence-corrected chi connectivity index (χ2v) is 4.67. The molecule has 0 aliphatic carbocycles. The van der Waals surface area contributed by atoms with E-state index in [0.717, 1.165) is 12.8 Å². The first-order chi connectivity index (χ1) is 10.2. The normalized spacial score (nSPS) is 10.1. The molecule has 1 amide bonds. The zero-order chi connectivity index (χ0) is 15.3. The fourth-order valence-corrected chi connectivity index (χ4v) is 1.85. The van der Waals surface area contributed by atoms with Gasteiger partial charge in [-0.1, -0.05) is 30.3 Å². The Morgan fingerprint density at radius 3 is 2.62 bits per heavy atom. The molecule has 1 aromatic carbocycles. The van der Waals surface area contributed by atoms with Crippen LogP contribution < -0.4 is 10.6 Å². The number of carbonyl (C=O) groups excluding carboxylic acids is 2. The van der Waals surface area contributed by atoms with Crippen LogP contribution in [0.2, 0.25) is 0 Å². The van der Waals surface area contributed by atoms with Gasteiger partial charge >= 0.3 is 5.97 Å². The van der Waals surface area contributed by atoms with Crippen LogP contribution >= 0.6 is 0 Å². The smallest absolute Gasteiger partial charge is 0.307 e. The molecular formula is C16H24N2O3. The Labute approximate surface area is 126 Å². The van der Waals surface area contributed by atoms with Crippen LogP contribution in [0.1, 0.15) is 25.3 Å². The SMILES string of the molecule is CCOC(=O)CCNCC(=O)NCCCc1ccccc1. The molecule has 1 aromatic rings. The number of benzene rings is 1. The van der Waals surface area contributed by atoms with Crippen molar-refractivity contribution in [2.24, 2.45) is 0 Å². The van der Waals surface area contributed by atoms with Gasteiger partial charge in [0.1, 0.15) is 0 Å². The molecule has 0 radical (unpaired) electrons. The molecule has 0 bridgehead atoms. The predicted molar refractivity (Wildman–Crippen MR) is 81.9 cm³/mol. The molecule has 0 fully saturated rings. The molecule has 0 aliphatic heterocycles. The van der Waals surface area contributed by atoms with Crippen LogP contribution in [0.15, 0.2) is 30.3 Å². The highest BCUT2D eigenvalue weighted by molar-refractivity contribution is 5.78. The summed E-state index contributed by atoms with van der Waals surface area (Å²) in [6, 6.07) is 10.2. The molecule has 0 unspecified atom stereocenters. The Kier molecular flexibility index (Phi) is 8.88. The topological polar surface area (TPSA) is 67.4 Å². The third-order valence-corrected chi connectivity index (χ3v) is 2.90. The van der Waals surface area contributed by atoms with E-state index in [1.807, 2.05) is 18.2 Å². The van der Waals surface area contributed by atoms with Gasteiger partial charge in [-0.15, -0.1) is 0 Å². The maximum atomic E-state index is 11.5. The van der Waals surface area contributed by atoms with Gasteiger partial charge in [0.05, 0.1) is 19.6 Å². The molecule has 0 saturated carbocycles. The van der Waals surface area contributed by atoms with Crippen molar-refractivity contribution in [2.45, 2.75) is 26.2 Å². The van der Waals surface area contributed by atoms with E-state index in [9.17, 15) is 9.59 Å². The van der Waals surface area contributed by atoms with Crippen LogP contribution in [0.3, 0.4) is 0 Å². The van der Waals surface area contributed by atoms with Crippen molar-refractivity contribution < 1.29 is 14.3 Å². The molecule has 5 nitrogen and oxygen atoms in total. The van der Waals surface area contributed by atoms with Gasteiger partial charge in [0.15, 0.2) is 0 Å². The van der Waals surface area contributed by atoms with Crippen molar-refractivity contribution in [3.63, 3.8) is 0 Å². The number of esters is 1. The first-order valence-corrected chi connectivity index (χ1v) is 7.39. The summed E-state index contributed by atoms with van der Waals surface area (Å²) in [5.74, 6) is -0.291. The van der Waals surface area contributed by atoms with Crippen LogP contribution in [0.4, 0.5) is 0 Å². The van der Waals surface area contributed by atoms with E-state index < -0.39 is 0 Å². The van der Waals surface area contributed by atoms with Gasteiger partial charge in [-0.3, -0.25) is 9.59 Å². The lowest BCUT2D eigenvalue weighted by molar-refractivity contribution is -0.143. The number of nitrogens with one attached hydrogen (secondary N) is 2. The first kappa shape index (κ1) is 17.2. The minimum absolute atomic E-state index is 0.0491. The Balaban J connectivity index is 1.98. The van der Waals surface area contributed by atoms with Gasteiger partial charge in [0, 0.05) is 13.1 Å². The summed E-state index contributed by atoms with van der Waals surface area (Å²) in [5.41, 5.74) is 1.28. The monoisotopic (exact) mass is 292 g/mol. The van der Waals surface area contributed by atoms with E-state index in [0.29, 0.717) is 19.7 Å². The van der Waals surface area contributed by atoms with Gasteiger partial charge in [0.2, 0.25) is 5.91 Å². The molecule has 2 N–H and O–H groups in total. The van der Waals surface area contributed by atoms with E-state index in [1.165, 1.54) is 5.56 Å². The summed E-state index contributed by atoms with van der Waals surface area (Å²) in [4.78, 5) is 22.6. The van der Waals surface area contributed by atoms with E-state index in [2.05, 4.69) is 22.8 Å². The lowest BCUT2D eigenvalue weighted by Crippen LogP contribution is -2.35. The number of ether oxygens (including phenoxy) is 1. The zero-order valence-electron chi connectivity index (χ0n) is 12.6. The Morgan fingerprint density at radius 2 is 1.90 bits per heavy atom. The number of aryl methyl sites for hydroxylation is 1. The van der Waals surface area contributed by atoms with Gasteiger partial charge in [-0.05, 0) is 25.3 Å². The maximum absolute atomic E-state index is 11.5. The van der Waals surface area contributed by atoms with E-state index in [-0.39, 0.29) is 24.8 Å². The average Bonchev–Trinajstić information content (AvgIpc) is 2.49. The predicted octanol–water partition coefficient (Wildman–Crippen LogP) is 1.28. The number of hydrogen-bond donors (Lipinski definition) is 2. The van der Waals surface area contributed by atoms with E-state index >= 15 is 0 Å². The maximum Gasteiger partial charge on any atom is 0.307 e. The van der Waals surface area contributed by atoms with Crippen LogP contribution in [0, 0.1) is 0 Å². The van der Waals surface area contributed by atoms with E-state index in [4.69, 9.17) is 4.74 Å². The second-order valence-electron chi connectivity index (χ2n) is 4.67. The summed E-state index contributed by atoms with van der Waals surface area (Å²) >= 11 is 0. The molecule has 0 atom stereocenters. The molecule has 21 heavy (non-hydrogen) atoms. The average molecular weight is 292 g/mol. The number of carbonyl (C=O) groups is 2. The summed E-state index contributed by atoms with van der Waals surface area (Å²) in [5, 5.41) is 5.77. The molecule has 0 heterocycles. The lowest BCUT2D eigenvalue weighted by atomic mass is 10.1. The van der Waals surface area contributed by atoms with Crippen molar-refractivity contribution in [2.75, 3.05) is 26.2 Å².